The van der Waals surface area contributed by atoms with E-state index in [9.17, 15) is 14.9 Å². The number of rotatable bonds is 7. The Labute approximate surface area is 146 Å². The molecule has 1 amide bonds. The lowest BCUT2D eigenvalue weighted by Gasteiger charge is -2.15. The van der Waals surface area contributed by atoms with Gasteiger partial charge in [0.15, 0.2) is 4.67 Å². The molecule has 0 aliphatic rings. The minimum absolute atomic E-state index is 0.0570. The van der Waals surface area contributed by atoms with Gasteiger partial charge in [-0.15, -0.1) is 0 Å². The second-order valence-corrected chi connectivity index (χ2v) is 5.85. The van der Waals surface area contributed by atoms with Crippen LogP contribution in [-0.2, 0) is 11.3 Å². The number of furan rings is 1. The summed E-state index contributed by atoms with van der Waals surface area (Å²) in [7, 11) is 3.16. The summed E-state index contributed by atoms with van der Waals surface area (Å²) in [6.45, 7) is 0.491. The first kappa shape index (κ1) is 18.0. The molecule has 0 saturated heterocycles. The Balaban J connectivity index is 2.00. The van der Waals surface area contributed by atoms with Crippen LogP contribution in [0.1, 0.15) is 5.76 Å². The Morgan fingerprint density at radius 1 is 1.42 bits per heavy atom. The monoisotopic (exact) mass is 397 g/mol. The molecule has 1 aromatic heterocycles. The van der Waals surface area contributed by atoms with Crippen molar-refractivity contribution >= 4 is 33.2 Å². The Morgan fingerprint density at radius 2 is 2.17 bits per heavy atom. The van der Waals surface area contributed by atoms with Crippen LogP contribution in [0.5, 0.6) is 5.75 Å². The van der Waals surface area contributed by atoms with Gasteiger partial charge >= 0.3 is 0 Å². The minimum Gasteiger partial charge on any atom is -0.496 e. The number of nitrogens with one attached hydrogen (secondary N) is 1. The van der Waals surface area contributed by atoms with Gasteiger partial charge < -0.3 is 14.5 Å². The first-order valence-corrected chi connectivity index (χ1v) is 7.73. The molecule has 9 heteroatoms. The van der Waals surface area contributed by atoms with E-state index < -0.39 is 4.92 Å². The van der Waals surface area contributed by atoms with E-state index in [1.165, 1.54) is 19.2 Å². The smallest absolute Gasteiger partial charge is 0.296 e. The van der Waals surface area contributed by atoms with Crippen LogP contribution in [0.3, 0.4) is 0 Å². The quantitative estimate of drug-likeness (QED) is 0.569. The number of likely N-dealkylation sites (N-methyl/N-ethyl adjacent to an activating group) is 1. The molecule has 2 aromatic rings. The van der Waals surface area contributed by atoms with Gasteiger partial charge in [0.25, 0.3) is 5.69 Å². The van der Waals surface area contributed by atoms with E-state index in [2.05, 4.69) is 21.2 Å². The normalized spacial score (nSPS) is 10.7. The van der Waals surface area contributed by atoms with Crippen molar-refractivity contribution in [3.63, 3.8) is 0 Å². The second-order valence-electron chi connectivity index (χ2n) is 5.07. The van der Waals surface area contributed by atoms with Crippen molar-refractivity contribution in [3.05, 3.63) is 50.9 Å². The third-order valence-corrected chi connectivity index (χ3v) is 3.57. The third-order valence-electron chi connectivity index (χ3n) is 3.14. The van der Waals surface area contributed by atoms with Gasteiger partial charge in [0, 0.05) is 0 Å². The molecule has 0 aliphatic heterocycles. The second kappa shape index (κ2) is 7.93. The molecule has 0 spiro atoms. The van der Waals surface area contributed by atoms with Crippen LogP contribution >= 0.6 is 15.9 Å². The van der Waals surface area contributed by atoms with Gasteiger partial charge in [0.1, 0.15) is 17.2 Å². The first-order valence-electron chi connectivity index (χ1n) is 6.94. The maximum absolute atomic E-state index is 12.1. The van der Waals surface area contributed by atoms with E-state index in [1.54, 1.807) is 30.1 Å². The molecule has 0 atom stereocenters. The number of amides is 1. The van der Waals surface area contributed by atoms with E-state index in [0.717, 1.165) is 0 Å². The van der Waals surface area contributed by atoms with Crippen molar-refractivity contribution in [1.29, 1.82) is 0 Å². The van der Waals surface area contributed by atoms with E-state index in [1.807, 2.05) is 0 Å². The van der Waals surface area contributed by atoms with Gasteiger partial charge in [-0.2, -0.15) is 0 Å². The van der Waals surface area contributed by atoms with Gasteiger partial charge in [-0.1, -0.05) is 0 Å². The molecule has 0 aliphatic carbocycles. The Kier molecular flexibility index (Phi) is 5.93. The fourth-order valence-corrected chi connectivity index (χ4v) is 2.43. The number of halogens is 1. The SMILES string of the molecule is COc1ccc(NC(=O)CN(C)Cc2ccc(Br)o2)c([N+](=O)[O-])c1. The maximum atomic E-state index is 12.1. The number of methoxy groups -OCH3 is 1. The van der Waals surface area contributed by atoms with E-state index in [4.69, 9.17) is 9.15 Å². The zero-order chi connectivity index (χ0) is 17.7. The summed E-state index contributed by atoms with van der Waals surface area (Å²) in [6.07, 6.45) is 0. The summed E-state index contributed by atoms with van der Waals surface area (Å²) in [4.78, 5) is 24.4. The molecule has 1 aromatic carbocycles. The van der Waals surface area contributed by atoms with Gasteiger partial charge in [-0.3, -0.25) is 19.8 Å². The molecule has 0 radical (unpaired) electrons. The molecule has 2 rings (SSSR count). The fraction of sp³-hybridized carbons (Fsp3) is 0.267. The first-order chi connectivity index (χ1) is 11.4. The van der Waals surface area contributed by atoms with Crippen molar-refractivity contribution in [2.24, 2.45) is 0 Å². The van der Waals surface area contributed by atoms with E-state index >= 15 is 0 Å². The maximum Gasteiger partial charge on any atom is 0.296 e. The number of benzene rings is 1. The highest BCUT2D eigenvalue weighted by molar-refractivity contribution is 9.10. The summed E-state index contributed by atoms with van der Waals surface area (Å²) in [6, 6.07) is 7.82. The van der Waals surface area contributed by atoms with Gasteiger partial charge in [-0.25, -0.2) is 0 Å². The van der Waals surface area contributed by atoms with Crippen LogP contribution in [0.4, 0.5) is 11.4 Å². The number of hydrogen-bond donors (Lipinski definition) is 1. The number of carbonyl (C=O) groups excluding carboxylic acids is 1. The standard InChI is InChI=1S/C15H16BrN3O5/c1-18(8-11-4-6-14(16)24-11)9-15(20)17-12-5-3-10(23-2)7-13(12)19(21)22/h3-7H,8-9H2,1-2H3,(H,17,20). The summed E-state index contributed by atoms with van der Waals surface area (Å²) in [5.41, 5.74) is -0.0970. The average molecular weight is 398 g/mol. The molecule has 0 bridgehead atoms. The van der Waals surface area contributed by atoms with Crippen molar-refractivity contribution in [2.45, 2.75) is 6.54 Å². The lowest BCUT2D eigenvalue weighted by molar-refractivity contribution is -0.384. The topological polar surface area (TPSA) is 97.8 Å². The predicted molar refractivity (Wildman–Crippen MR) is 91.0 cm³/mol. The number of anilines is 1. The van der Waals surface area contributed by atoms with Crippen LogP contribution < -0.4 is 10.1 Å². The van der Waals surface area contributed by atoms with Crippen molar-refractivity contribution in [1.82, 2.24) is 4.90 Å². The highest BCUT2D eigenvalue weighted by Gasteiger charge is 2.18. The zero-order valence-electron chi connectivity index (χ0n) is 13.1. The lowest BCUT2D eigenvalue weighted by atomic mass is 10.2. The molecule has 0 fully saturated rings. The summed E-state index contributed by atoms with van der Waals surface area (Å²) >= 11 is 3.21. The van der Waals surface area contributed by atoms with Gasteiger partial charge in [0.05, 0.1) is 31.2 Å². The largest absolute Gasteiger partial charge is 0.496 e. The van der Waals surface area contributed by atoms with Crippen LogP contribution in [0.25, 0.3) is 0 Å². The summed E-state index contributed by atoms with van der Waals surface area (Å²) < 4.78 is 10.9. The van der Waals surface area contributed by atoms with Gasteiger partial charge in [0.2, 0.25) is 5.91 Å². The molecular formula is C15H16BrN3O5. The predicted octanol–water partition coefficient (Wildman–Crippen LogP) is 3.03. The Hall–Kier alpha value is -2.39. The molecule has 1 N–H and O–H groups in total. The van der Waals surface area contributed by atoms with Crippen LogP contribution in [0, 0.1) is 10.1 Å². The average Bonchev–Trinajstić information content (AvgIpc) is 2.92. The number of carbonyl (C=O) groups is 1. The molecule has 0 saturated carbocycles. The molecular weight excluding hydrogens is 382 g/mol. The van der Waals surface area contributed by atoms with Crippen molar-refractivity contribution in [3.8, 4) is 5.75 Å². The van der Waals surface area contributed by atoms with Crippen molar-refractivity contribution in [2.75, 3.05) is 26.0 Å². The number of nitrogens with zero attached hydrogens (tertiary/aromatic N) is 2. The van der Waals surface area contributed by atoms with Crippen LogP contribution in [-0.4, -0.2) is 36.4 Å². The summed E-state index contributed by atoms with van der Waals surface area (Å²) in [5.74, 6) is 0.684. The minimum atomic E-state index is -0.567. The molecule has 24 heavy (non-hydrogen) atoms. The Morgan fingerprint density at radius 3 is 2.75 bits per heavy atom. The highest BCUT2D eigenvalue weighted by Crippen LogP contribution is 2.28. The van der Waals surface area contributed by atoms with E-state index in [0.29, 0.717) is 22.7 Å². The number of nitro groups is 1. The molecule has 0 unspecified atom stereocenters. The van der Waals surface area contributed by atoms with Crippen LogP contribution in [0.2, 0.25) is 0 Å². The van der Waals surface area contributed by atoms with Crippen LogP contribution in [0.15, 0.2) is 39.4 Å². The Bertz CT molecular complexity index is 746. The molecule has 128 valence electrons. The number of hydrogen-bond acceptors (Lipinski definition) is 6. The van der Waals surface area contributed by atoms with Crippen molar-refractivity contribution < 1.29 is 18.9 Å². The summed E-state index contributed by atoms with van der Waals surface area (Å²) in [5, 5.41) is 13.7. The molecule has 8 nitrogen and oxygen atoms in total. The fourth-order valence-electron chi connectivity index (χ4n) is 2.09. The highest BCUT2D eigenvalue weighted by atomic mass is 79.9. The lowest BCUT2D eigenvalue weighted by Crippen LogP contribution is -2.29. The number of nitro benzene ring substituents is 1. The number of ether oxygens (including phenoxy) is 1. The third kappa shape index (κ3) is 4.80. The molecule has 1 heterocycles. The van der Waals surface area contributed by atoms with E-state index in [-0.39, 0.29) is 23.8 Å². The van der Waals surface area contributed by atoms with Gasteiger partial charge in [-0.05, 0) is 47.2 Å². The zero-order valence-corrected chi connectivity index (χ0v) is 14.7.